The lowest BCUT2D eigenvalue weighted by molar-refractivity contribution is 0.102. The molecule has 0 aromatic heterocycles. The summed E-state index contributed by atoms with van der Waals surface area (Å²) in [5, 5.41) is 6.47. The van der Waals surface area contributed by atoms with Crippen LogP contribution in [0.4, 0.5) is 0 Å². The fraction of sp³-hybridized carbons (Fsp3) is 0.208. The summed E-state index contributed by atoms with van der Waals surface area (Å²) in [5.41, 5.74) is 0.744. The third-order valence-corrected chi connectivity index (χ3v) is 7.38. The zero-order chi connectivity index (χ0) is 23.7. The topological polar surface area (TPSA) is 111 Å². The van der Waals surface area contributed by atoms with E-state index in [1.807, 2.05) is 32.9 Å². The minimum Gasteiger partial charge on any atom is -0.293 e. The molecule has 32 heavy (non-hydrogen) atoms. The molecule has 0 aliphatic rings. The Hall–Kier alpha value is -2.99. The largest absolute Gasteiger partial charge is 0.293 e. The van der Waals surface area contributed by atoms with Crippen LogP contribution in [0.3, 0.4) is 0 Å². The molecule has 0 heterocycles. The second kappa shape index (κ2) is 8.51. The predicted octanol–water partition coefficient (Wildman–Crippen LogP) is 3.54. The minimum absolute atomic E-state index is 0.208. The van der Waals surface area contributed by atoms with E-state index in [9.17, 15) is 21.6 Å². The van der Waals surface area contributed by atoms with E-state index < -0.39 is 41.2 Å². The van der Waals surface area contributed by atoms with Crippen molar-refractivity contribution in [3.05, 3.63) is 71.8 Å². The van der Waals surface area contributed by atoms with Gasteiger partial charge >= 0.3 is 0 Å². The van der Waals surface area contributed by atoms with E-state index in [1.54, 1.807) is 24.3 Å². The van der Waals surface area contributed by atoms with E-state index in [0.29, 0.717) is 5.39 Å². The molecule has 3 aromatic rings. The van der Waals surface area contributed by atoms with Crippen molar-refractivity contribution in [2.45, 2.75) is 30.6 Å². The van der Waals surface area contributed by atoms with Gasteiger partial charge in [0.25, 0.3) is 0 Å². The zero-order valence-electron chi connectivity index (χ0n) is 17.9. The minimum atomic E-state index is -4.28. The number of Topliss-reactive ketones (excluding diaryl/α,β-unsaturated/α-hetero) is 1. The summed E-state index contributed by atoms with van der Waals surface area (Å²) in [4.78, 5) is 12.0. The Morgan fingerprint density at radius 2 is 1.41 bits per heavy atom. The van der Waals surface area contributed by atoms with Gasteiger partial charge in [-0.3, -0.25) is 4.79 Å². The third-order valence-electron chi connectivity index (χ3n) is 4.61. The maximum Gasteiger partial charge on any atom is 0.239 e. The van der Waals surface area contributed by atoms with Crippen molar-refractivity contribution in [1.82, 2.24) is 0 Å². The van der Waals surface area contributed by atoms with Crippen molar-refractivity contribution in [3.63, 3.8) is 0 Å². The number of primary sulfonamides is 1. The third kappa shape index (κ3) is 5.25. The maximum atomic E-state index is 13.0. The summed E-state index contributed by atoms with van der Waals surface area (Å²) in [5.74, 6) is 4.75. The molecular formula is C24H23NO5S2. The van der Waals surface area contributed by atoms with Gasteiger partial charge < -0.3 is 0 Å². The highest BCUT2D eigenvalue weighted by Crippen LogP contribution is 2.26. The van der Waals surface area contributed by atoms with Gasteiger partial charge in [-0.05, 0) is 55.8 Å². The Bertz CT molecular complexity index is 1490. The van der Waals surface area contributed by atoms with Crippen LogP contribution in [0, 0.1) is 17.3 Å². The van der Waals surface area contributed by atoms with Crippen molar-refractivity contribution < 1.29 is 21.6 Å². The van der Waals surface area contributed by atoms with E-state index >= 15 is 0 Å². The molecule has 3 aromatic carbocycles. The van der Waals surface area contributed by atoms with Gasteiger partial charge in [-0.2, -0.15) is 0 Å². The Balaban J connectivity index is 2.06. The van der Waals surface area contributed by atoms with Crippen LogP contribution in [0.1, 0.15) is 36.7 Å². The summed E-state index contributed by atoms with van der Waals surface area (Å²) in [6, 6.07) is 15.4. The number of nitrogens with two attached hydrogens (primary N) is 1. The molecule has 8 heteroatoms. The molecule has 0 unspecified atom stereocenters. The molecule has 0 aliphatic carbocycles. The van der Waals surface area contributed by atoms with Crippen LogP contribution < -0.4 is 5.14 Å². The van der Waals surface area contributed by atoms with Gasteiger partial charge in [0.2, 0.25) is 10.0 Å². The molecule has 0 fully saturated rings. The Kier molecular flexibility index (Phi) is 6.29. The fourth-order valence-corrected chi connectivity index (χ4v) is 5.84. The maximum absolute atomic E-state index is 13.0. The summed E-state index contributed by atoms with van der Waals surface area (Å²) >= 11 is 0. The standard InChI is InChI=1S/C24H23NO5S2/c1-24(2,3)15-14-17-12-13-20(19-9-5-4-8-18(17)19)21(26)16-31(27,28)22-10-6-7-11-23(22)32(25,29)30/h4-13H,16H2,1-3H3,(H2,25,29,30). The van der Waals surface area contributed by atoms with Gasteiger partial charge in [0.05, 0.1) is 4.90 Å². The summed E-state index contributed by atoms with van der Waals surface area (Å²) in [7, 11) is -8.55. The molecule has 0 amide bonds. The van der Waals surface area contributed by atoms with E-state index in [2.05, 4.69) is 11.8 Å². The number of carbonyl (C=O) groups excluding carboxylic acids is 1. The molecule has 2 N–H and O–H groups in total. The Morgan fingerprint density at radius 3 is 2.00 bits per heavy atom. The average molecular weight is 470 g/mol. The van der Waals surface area contributed by atoms with Crippen LogP contribution in [0.15, 0.2) is 70.5 Å². The molecule has 0 radical (unpaired) electrons. The van der Waals surface area contributed by atoms with E-state index in [0.717, 1.165) is 23.1 Å². The van der Waals surface area contributed by atoms with Crippen LogP contribution in [-0.2, 0) is 19.9 Å². The Morgan fingerprint density at radius 1 is 0.844 bits per heavy atom. The van der Waals surface area contributed by atoms with Crippen molar-refractivity contribution in [3.8, 4) is 11.8 Å². The molecule has 166 valence electrons. The molecular weight excluding hydrogens is 446 g/mol. The molecule has 0 spiro atoms. The molecule has 0 atom stereocenters. The number of hydrogen-bond donors (Lipinski definition) is 1. The number of hydrogen-bond acceptors (Lipinski definition) is 5. The number of fused-ring (bicyclic) bond motifs is 1. The first-order valence-corrected chi connectivity index (χ1v) is 12.9. The fourth-order valence-electron chi connectivity index (χ4n) is 3.18. The highest BCUT2D eigenvalue weighted by Gasteiger charge is 2.27. The van der Waals surface area contributed by atoms with Crippen LogP contribution in [0.2, 0.25) is 0 Å². The van der Waals surface area contributed by atoms with Crippen LogP contribution >= 0.6 is 0 Å². The first-order chi connectivity index (χ1) is 14.8. The predicted molar refractivity (Wildman–Crippen MR) is 124 cm³/mol. The van der Waals surface area contributed by atoms with E-state index in [1.165, 1.54) is 12.1 Å². The zero-order valence-corrected chi connectivity index (χ0v) is 19.5. The lowest BCUT2D eigenvalue weighted by atomic mass is 9.95. The molecule has 0 aliphatic heterocycles. The van der Waals surface area contributed by atoms with Gasteiger partial charge in [0, 0.05) is 16.5 Å². The number of carbonyl (C=O) groups is 1. The summed E-state index contributed by atoms with van der Waals surface area (Å²) in [6.45, 7) is 5.97. The van der Waals surface area contributed by atoms with Crippen molar-refractivity contribution in [1.29, 1.82) is 0 Å². The van der Waals surface area contributed by atoms with Gasteiger partial charge in [-0.25, -0.2) is 22.0 Å². The molecule has 0 saturated carbocycles. The lowest BCUT2D eigenvalue weighted by Gasteiger charge is -2.11. The van der Waals surface area contributed by atoms with E-state index in [-0.39, 0.29) is 11.0 Å². The number of benzene rings is 3. The highest BCUT2D eigenvalue weighted by atomic mass is 32.2. The van der Waals surface area contributed by atoms with Gasteiger partial charge in [0.1, 0.15) is 10.6 Å². The first-order valence-electron chi connectivity index (χ1n) is 9.72. The number of rotatable bonds is 5. The van der Waals surface area contributed by atoms with Crippen molar-refractivity contribution >= 4 is 36.4 Å². The first kappa shape index (κ1) is 23.7. The van der Waals surface area contributed by atoms with Gasteiger partial charge in [-0.15, -0.1) is 0 Å². The van der Waals surface area contributed by atoms with Crippen molar-refractivity contribution in [2.75, 3.05) is 5.75 Å². The second-order valence-corrected chi connectivity index (χ2v) is 11.9. The van der Waals surface area contributed by atoms with Gasteiger partial charge in [0.15, 0.2) is 15.6 Å². The SMILES string of the molecule is CC(C)(C)C#Cc1ccc(C(=O)CS(=O)(=O)c2ccccc2S(N)(=O)=O)c2ccccc12. The highest BCUT2D eigenvalue weighted by molar-refractivity contribution is 7.94. The smallest absolute Gasteiger partial charge is 0.239 e. The second-order valence-electron chi connectivity index (χ2n) is 8.38. The summed E-state index contributed by atoms with van der Waals surface area (Å²) in [6.07, 6.45) is 0. The average Bonchev–Trinajstić information content (AvgIpc) is 2.70. The lowest BCUT2D eigenvalue weighted by Crippen LogP contribution is -2.21. The monoisotopic (exact) mass is 469 g/mol. The number of sulfonamides is 1. The number of ketones is 1. The normalized spacial score (nSPS) is 12.2. The van der Waals surface area contributed by atoms with Crippen LogP contribution in [-0.4, -0.2) is 28.4 Å². The molecule has 0 bridgehead atoms. The van der Waals surface area contributed by atoms with E-state index in [4.69, 9.17) is 5.14 Å². The van der Waals surface area contributed by atoms with Crippen molar-refractivity contribution in [2.24, 2.45) is 10.6 Å². The molecule has 6 nitrogen and oxygen atoms in total. The van der Waals surface area contributed by atoms with Crippen LogP contribution in [0.5, 0.6) is 0 Å². The number of sulfone groups is 1. The molecule has 0 saturated heterocycles. The summed E-state index contributed by atoms with van der Waals surface area (Å²) < 4.78 is 49.5. The molecule has 3 rings (SSSR count). The Labute approximate surface area is 188 Å². The van der Waals surface area contributed by atoms with Crippen LogP contribution in [0.25, 0.3) is 10.8 Å². The quantitative estimate of drug-likeness (QED) is 0.454. The van der Waals surface area contributed by atoms with Gasteiger partial charge in [-0.1, -0.05) is 48.2 Å².